The molecule has 2 atom stereocenters. The number of fused-ring (bicyclic) bond motifs is 1. The molecule has 1 aromatic rings. The maximum Gasteiger partial charge on any atom is 0.335 e. The zero-order valence-electron chi connectivity index (χ0n) is 17.0. The van der Waals surface area contributed by atoms with Crippen molar-refractivity contribution in [2.75, 3.05) is 20.8 Å². The maximum atomic E-state index is 12.4. The molecule has 2 N–H and O–H groups in total. The van der Waals surface area contributed by atoms with Gasteiger partial charge in [-0.05, 0) is 37.5 Å². The van der Waals surface area contributed by atoms with E-state index in [0.717, 1.165) is 0 Å². The average Bonchev–Trinajstić information content (AvgIpc) is 3.02. The minimum Gasteiger partial charge on any atom is -0.493 e. The molecule has 0 saturated carbocycles. The summed E-state index contributed by atoms with van der Waals surface area (Å²) in [5, 5.41) is 3.66. The van der Waals surface area contributed by atoms with Crippen molar-refractivity contribution in [3.05, 3.63) is 35.9 Å². The molecule has 1 aromatic carbocycles. The van der Waals surface area contributed by atoms with Gasteiger partial charge in [-0.3, -0.25) is 14.5 Å². The molecule has 1 aliphatic carbocycles. The number of hydrogen-bond donors (Lipinski definition) is 1. The van der Waals surface area contributed by atoms with E-state index in [2.05, 4.69) is 5.16 Å². The fourth-order valence-corrected chi connectivity index (χ4v) is 3.66. The van der Waals surface area contributed by atoms with Gasteiger partial charge in [-0.15, -0.1) is 0 Å². The highest BCUT2D eigenvalue weighted by Crippen LogP contribution is 2.35. The summed E-state index contributed by atoms with van der Waals surface area (Å²) >= 11 is 0. The second-order valence-electron chi connectivity index (χ2n) is 7.10. The number of nitrogens with two attached hydrogens (primary N) is 1. The zero-order chi connectivity index (χ0) is 21.7. The highest BCUT2D eigenvalue weighted by atomic mass is 16.7. The third kappa shape index (κ3) is 4.45. The van der Waals surface area contributed by atoms with Crippen LogP contribution in [0.15, 0.2) is 35.5 Å². The Morgan fingerprint density at radius 2 is 1.73 bits per heavy atom. The number of amides is 2. The number of oxime groups is 1. The van der Waals surface area contributed by atoms with Gasteiger partial charge >= 0.3 is 5.97 Å². The summed E-state index contributed by atoms with van der Waals surface area (Å²) in [6, 6.07) is 4.94. The molecule has 0 radical (unpaired) electrons. The van der Waals surface area contributed by atoms with Gasteiger partial charge in [0.25, 0.3) is 0 Å². The lowest BCUT2D eigenvalue weighted by Crippen LogP contribution is -2.32. The van der Waals surface area contributed by atoms with Crippen molar-refractivity contribution >= 4 is 23.6 Å². The van der Waals surface area contributed by atoms with Crippen molar-refractivity contribution in [3.63, 3.8) is 0 Å². The Morgan fingerprint density at radius 1 is 1.10 bits per heavy atom. The van der Waals surface area contributed by atoms with Crippen molar-refractivity contribution in [1.82, 2.24) is 4.90 Å². The number of likely N-dealkylation sites (tertiary alicyclic amines) is 1. The molecule has 2 aliphatic rings. The summed E-state index contributed by atoms with van der Waals surface area (Å²) in [7, 11) is 3.01. The van der Waals surface area contributed by atoms with E-state index in [9.17, 15) is 14.4 Å². The summed E-state index contributed by atoms with van der Waals surface area (Å²) in [5.74, 6) is -0.428. The minimum absolute atomic E-state index is 0.00535. The molecule has 0 aromatic heterocycles. The van der Waals surface area contributed by atoms with Gasteiger partial charge in [0.1, 0.15) is 0 Å². The molecule has 1 aliphatic heterocycles. The first kappa shape index (κ1) is 21.4. The largest absolute Gasteiger partial charge is 0.493 e. The lowest BCUT2D eigenvalue weighted by Gasteiger charge is -2.14. The first-order chi connectivity index (χ1) is 14.5. The Kier molecular flexibility index (Phi) is 6.71. The predicted octanol–water partition coefficient (Wildman–Crippen LogP) is 1.60. The van der Waals surface area contributed by atoms with E-state index in [4.69, 9.17) is 20.0 Å². The lowest BCUT2D eigenvalue weighted by atomic mass is 9.85. The number of imide groups is 1. The van der Waals surface area contributed by atoms with Crippen LogP contribution in [0.3, 0.4) is 0 Å². The highest BCUT2D eigenvalue weighted by Gasteiger charge is 2.46. The quantitative estimate of drug-likeness (QED) is 0.171. The van der Waals surface area contributed by atoms with Crippen LogP contribution in [0.1, 0.15) is 31.2 Å². The lowest BCUT2D eigenvalue weighted by molar-refractivity contribution is -0.145. The molecule has 30 heavy (non-hydrogen) atoms. The van der Waals surface area contributed by atoms with E-state index in [-0.39, 0.29) is 42.5 Å². The summed E-state index contributed by atoms with van der Waals surface area (Å²) in [6.45, 7) is 0.189. The van der Waals surface area contributed by atoms with Crippen molar-refractivity contribution in [2.24, 2.45) is 22.7 Å². The summed E-state index contributed by atoms with van der Waals surface area (Å²) in [5.41, 5.74) is 6.37. The van der Waals surface area contributed by atoms with Gasteiger partial charge in [-0.2, -0.15) is 0 Å². The van der Waals surface area contributed by atoms with E-state index in [1.54, 1.807) is 18.2 Å². The Bertz CT molecular complexity index is 869. The molecule has 2 amide bonds. The number of benzene rings is 1. The number of methoxy groups -OCH3 is 2. The Balaban J connectivity index is 1.49. The van der Waals surface area contributed by atoms with Crippen LogP contribution >= 0.6 is 0 Å². The normalized spacial score (nSPS) is 20.9. The molecule has 1 heterocycles. The molecule has 1 saturated heterocycles. The Labute approximate surface area is 174 Å². The van der Waals surface area contributed by atoms with Gasteiger partial charge in [-0.1, -0.05) is 17.3 Å². The van der Waals surface area contributed by atoms with E-state index < -0.39 is 5.97 Å². The fourth-order valence-electron chi connectivity index (χ4n) is 3.66. The van der Waals surface area contributed by atoms with Gasteiger partial charge in [0.15, 0.2) is 17.3 Å². The van der Waals surface area contributed by atoms with E-state index in [1.165, 1.54) is 19.1 Å². The number of carbonyl (C=O) groups excluding carboxylic acids is 3. The van der Waals surface area contributed by atoms with Gasteiger partial charge in [0, 0.05) is 18.5 Å². The summed E-state index contributed by atoms with van der Waals surface area (Å²) in [6.07, 6.45) is 5.38. The SMILES string of the molecule is COc1ccc(/C(N)=N/OC(=O)CCCN2C(=O)[C@H]3CC=CC[C@@H]3C2=O)cc1OC. The van der Waals surface area contributed by atoms with Crippen LogP contribution in [-0.4, -0.2) is 49.3 Å². The molecule has 3 rings (SSSR count). The fraction of sp³-hybridized carbons (Fsp3) is 0.429. The molecule has 9 nitrogen and oxygen atoms in total. The van der Waals surface area contributed by atoms with Gasteiger partial charge in [0.2, 0.25) is 11.8 Å². The molecular weight excluding hydrogens is 390 g/mol. The standard InChI is InChI=1S/C21H25N3O6/c1-28-16-10-9-13(12-17(16)29-2)19(22)23-30-18(25)8-5-11-24-20(26)14-6-3-4-7-15(14)21(24)27/h3-4,9-10,12,14-15H,5-8,11H2,1-2H3,(H2,22,23)/t14-,15-/m0/s1. The monoisotopic (exact) mass is 415 g/mol. The Morgan fingerprint density at radius 3 is 2.33 bits per heavy atom. The van der Waals surface area contributed by atoms with E-state index in [0.29, 0.717) is 36.3 Å². The molecule has 160 valence electrons. The third-order valence-electron chi connectivity index (χ3n) is 5.29. The number of rotatable bonds is 8. The topological polar surface area (TPSA) is 121 Å². The van der Waals surface area contributed by atoms with Crippen molar-refractivity contribution < 1.29 is 28.7 Å². The van der Waals surface area contributed by atoms with Crippen molar-refractivity contribution in [1.29, 1.82) is 0 Å². The predicted molar refractivity (Wildman–Crippen MR) is 108 cm³/mol. The summed E-state index contributed by atoms with van der Waals surface area (Å²) < 4.78 is 10.4. The molecule has 0 unspecified atom stereocenters. The van der Waals surface area contributed by atoms with Crippen LogP contribution in [0.5, 0.6) is 11.5 Å². The smallest absolute Gasteiger partial charge is 0.335 e. The molecule has 9 heteroatoms. The van der Waals surface area contributed by atoms with Crippen LogP contribution in [0.25, 0.3) is 0 Å². The maximum absolute atomic E-state index is 12.4. The Hall–Kier alpha value is -3.36. The van der Waals surface area contributed by atoms with Gasteiger partial charge < -0.3 is 20.0 Å². The molecule has 0 spiro atoms. The van der Waals surface area contributed by atoms with Crippen molar-refractivity contribution in [2.45, 2.75) is 25.7 Å². The number of amidine groups is 1. The first-order valence-corrected chi connectivity index (χ1v) is 9.72. The number of hydrogen-bond acceptors (Lipinski definition) is 7. The summed E-state index contributed by atoms with van der Waals surface area (Å²) in [4.78, 5) is 42.9. The second kappa shape index (κ2) is 9.43. The van der Waals surface area contributed by atoms with Crippen LogP contribution in [0, 0.1) is 11.8 Å². The van der Waals surface area contributed by atoms with E-state index >= 15 is 0 Å². The minimum atomic E-state index is -0.600. The number of carbonyl (C=O) groups is 3. The van der Waals surface area contributed by atoms with E-state index in [1.807, 2.05) is 12.2 Å². The zero-order valence-corrected chi connectivity index (χ0v) is 17.0. The van der Waals surface area contributed by atoms with Gasteiger partial charge in [-0.25, -0.2) is 4.79 Å². The third-order valence-corrected chi connectivity index (χ3v) is 5.29. The van der Waals surface area contributed by atoms with Crippen LogP contribution in [0.4, 0.5) is 0 Å². The van der Waals surface area contributed by atoms with Gasteiger partial charge in [0.05, 0.1) is 26.1 Å². The van der Waals surface area contributed by atoms with Crippen LogP contribution in [-0.2, 0) is 19.2 Å². The molecule has 0 bridgehead atoms. The first-order valence-electron chi connectivity index (χ1n) is 9.72. The number of ether oxygens (including phenoxy) is 2. The second-order valence-corrected chi connectivity index (χ2v) is 7.10. The van der Waals surface area contributed by atoms with Crippen molar-refractivity contribution in [3.8, 4) is 11.5 Å². The number of nitrogens with zero attached hydrogens (tertiary/aromatic N) is 2. The van der Waals surface area contributed by atoms with Crippen LogP contribution in [0.2, 0.25) is 0 Å². The number of allylic oxidation sites excluding steroid dienone is 2. The molecule has 1 fully saturated rings. The highest BCUT2D eigenvalue weighted by molar-refractivity contribution is 6.05. The average molecular weight is 415 g/mol. The molecular formula is C21H25N3O6. The van der Waals surface area contributed by atoms with Crippen LogP contribution < -0.4 is 15.2 Å².